The van der Waals surface area contributed by atoms with Crippen LogP contribution in [0.3, 0.4) is 0 Å². The highest BCUT2D eigenvalue weighted by molar-refractivity contribution is 7.92. The molecule has 0 aliphatic heterocycles. The lowest BCUT2D eigenvalue weighted by Gasteiger charge is -2.34. The van der Waals surface area contributed by atoms with Crippen LogP contribution in [0.5, 0.6) is 0 Å². The van der Waals surface area contributed by atoms with Gasteiger partial charge in [0.1, 0.15) is 12.6 Å². The Labute approximate surface area is 240 Å². The number of nitrogens with zero attached hydrogens (tertiary/aromatic N) is 2. The zero-order valence-corrected chi connectivity index (χ0v) is 24.5. The highest BCUT2D eigenvalue weighted by Crippen LogP contribution is 2.31. The molecule has 1 N–H and O–H groups in total. The minimum Gasteiger partial charge on any atom is -0.352 e. The van der Waals surface area contributed by atoms with E-state index < -0.39 is 28.5 Å². The molecule has 0 spiro atoms. The summed E-state index contributed by atoms with van der Waals surface area (Å²) >= 11 is 12.8. The molecule has 0 bridgehead atoms. The Kier molecular flexibility index (Phi) is 10.8. The van der Waals surface area contributed by atoms with E-state index in [1.54, 1.807) is 73.7 Å². The van der Waals surface area contributed by atoms with E-state index in [1.165, 1.54) is 17.0 Å². The van der Waals surface area contributed by atoms with E-state index in [9.17, 15) is 18.0 Å². The van der Waals surface area contributed by atoms with Gasteiger partial charge in [-0.1, -0.05) is 85.6 Å². The second kappa shape index (κ2) is 13.8. The normalized spacial score (nSPS) is 12.8. The maximum Gasteiger partial charge on any atom is 0.264 e. The van der Waals surface area contributed by atoms with Crippen molar-refractivity contribution in [1.29, 1.82) is 0 Å². The number of hydrogen-bond donors (Lipinski definition) is 1. The van der Waals surface area contributed by atoms with Crippen LogP contribution in [0.25, 0.3) is 0 Å². The van der Waals surface area contributed by atoms with Gasteiger partial charge < -0.3 is 10.2 Å². The Morgan fingerprint density at radius 2 is 1.44 bits per heavy atom. The number of hydrogen-bond acceptors (Lipinski definition) is 4. The van der Waals surface area contributed by atoms with Crippen LogP contribution in [-0.2, 0) is 26.2 Å². The number of benzene rings is 3. The van der Waals surface area contributed by atoms with Crippen molar-refractivity contribution < 1.29 is 18.0 Å². The molecular formula is C29H33Cl2N3O4S. The van der Waals surface area contributed by atoms with Crippen molar-refractivity contribution in [2.24, 2.45) is 0 Å². The first-order valence-corrected chi connectivity index (χ1v) is 14.9. The smallest absolute Gasteiger partial charge is 0.264 e. The second-order valence-electron chi connectivity index (χ2n) is 9.13. The third kappa shape index (κ3) is 7.53. The number of sulfonamides is 1. The summed E-state index contributed by atoms with van der Waals surface area (Å²) in [7, 11) is -4.19. The molecule has 0 saturated carbocycles. The molecule has 3 aromatic rings. The van der Waals surface area contributed by atoms with Gasteiger partial charge in [0.2, 0.25) is 11.8 Å². The molecule has 10 heteroatoms. The number of anilines is 1. The average molecular weight is 591 g/mol. The molecule has 0 fully saturated rings. The summed E-state index contributed by atoms with van der Waals surface area (Å²) in [6, 6.07) is 20.4. The van der Waals surface area contributed by atoms with Gasteiger partial charge >= 0.3 is 0 Å². The predicted molar refractivity (Wildman–Crippen MR) is 156 cm³/mol. The Hall–Kier alpha value is -3.07. The molecule has 3 aromatic carbocycles. The largest absolute Gasteiger partial charge is 0.352 e. The van der Waals surface area contributed by atoms with E-state index in [-0.39, 0.29) is 34.1 Å². The van der Waals surface area contributed by atoms with Gasteiger partial charge in [-0.2, -0.15) is 0 Å². The number of halogens is 2. The van der Waals surface area contributed by atoms with E-state index in [2.05, 4.69) is 5.32 Å². The van der Waals surface area contributed by atoms with Crippen LogP contribution in [-0.4, -0.2) is 43.8 Å². The second-order valence-corrected chi connectivity index (χ2v) is 11.8. The molecule has 2 atom stereocenters. The lowest BCUT2D eigenvalue weighted by molar-refractivity contribution is -0.140. The lowest BCUT2D eigenvalue weighted by atomic mass is 10.1. The van der Waals surface area contributed by atoms with Crippen LogP contribution in [0, 0.1) is 0 Å². The zero-order chi connectivity index (χ0) is 28.6. The molecule has 3 rings (SSSR count). The van der Waals surface area contributed by atoms with Gasteiger partial charge in [0, 0.05) is 17.6 Å². The first-order chi connectivity index (χ1) is 18.6. The molecular weight excluding hydrogens is 557 g/mol. The van der Waals surface area contributed by atoms with Crippen molar-refractivity contribution in [3.8, 4) is 0 Å². The minimum absolute atomic E-state index is 0.0110. The highest BCUT2D eigenvalue weighted by atomic mass is 35.5. The van der Waals surface area contributed by atoms with Gasteiger partial charge in [0.05, 0.1) is 15.6 Å². The number of para-hydroxylation sites is 1. The first kappa shape index (κ1) is 30.5. The molecule has 0 saturated heterocycles. The van der Waals surface area contributed by atoms with Crippen molar-refractivity contribution in [3.05, 3.63) is 94.5 Å². The number of nitrogens with one attached hydrogen (secondary N) is 1. The Balaban J connectivity index is 2.07. The maximum absolute atomic E-state index is 14.0. The van der Waals surface area contributed by atoms with Crippen molar-refractivity contribution in [2.75, 3.05) is 10.8 Å². The predicted octanol–water partition coefficient (Wildman–Crippen LogP) is 5.91. The van der Waals surface area contributed by atoms with E-state index in [0.29, 0.717) is 17.0 Å². The van der Waals surface area contributed by atoms with Gasteiger partial charge in [-0.25, -0.2) is 8.42 Å². The van der Waals surface area contributed by atoms with Crippen LogP contribution in [0.4, 0.5) is 5.69 Å². The minimum atomic E-state index is -4.19. The Morgan fingerprint density at radius 1 is 0.846 bits per heavy atom. The van der Waals surface area contributed by atoms with Gasteiger partial charge in [-0.05, 0) is 55.7 Å². The number of amides is 2. The van der Waals surface area contributed by atoms with Crippen molar-refractivity contribution >= 4 is 50.7 Å². The summed E-state index contributed by atoms with van der Waals surface area (Å²) in [5.41, 5.74) is 0.795. The van der Waals surface area contributed by atoms with Crippen LogP contribution < -0.4 is 9.62 Å². The maximum atomic E-state index is 14.0. The van der Waals surface area contributed by atoms with Crippen LogP contribution in [0.2, 0.25) is 10.0 Å². The fourth-order valence-electron chi connectivity index (χ4n) is 4.06. The molecule has 2 unspecified atom stereocenters. The van der Waals surface area contributed by atoms with Crippen LogP contribution in [0.15, 0.2) is 83.8 Å². The monoisotopic (exact) mass is 589 g/mol. The first-order valence-electron chi connectivity index (χ1n) is 12.8. The van der Waals surface area contributed by atoms with Gasteiger partial charge in [0.15, 0.2) is 0 Å². The van der Waals surface area contributed by atoms with Crippen molar-refractivity contribution in [2.45, 2.75) is 57.1 Å². The van der Waals surface area contributed by atoms with Crippen molar-refractivity contribution in [3.63, 3.8) is 0 Å². The van der Waals surface area contributed by atoms with E-state index in [1.807, 2.05) is 13.8 Å². The SMILES string of the molecule is CCC(C)NC(=O)C(CC)N(Cc1ccccc1Cl)C(=O)CN(c1ccccc1Cl)S(=O)(=O)c1ccccc1. The van der Waals surface area contributed by atoms with Crippen LogP contribution in [0.1, 0.15) is 39.2 Å². The van der Waals surface area contributed by atoms with Crippen molar-refractivity contribution in [1.82, 2.24) is 10.2 Å². The standard InChI is InChI=1S/C29H33Cl2N3O4S/c1-4-21(3)32-29(36)26(5-2)33(19-22-13-9-10-16-24(22)30)28(35)20-34(27-18-12-11-17-25(27)31)39(37,38)23-14-7-6-8-15-23/h6-18,21,26H,4-5,19-20H2,1-3H3,(H,32,36). The fraction of sp³-hybridized carbons (Fsp3) is 0.310. The number of carbonyl (C=O) groups excluding carboxylic acids is 2. The quantitative estimate of drug-likeness (QED) is 0.284. The number of rotatable bonds is 12. The topological polar surface area (TPSA) is 86.8 Å². The molecule has 0 aromatic heterocycles. The number of carbonyl (C=O) groups is 2. The van der Waals surface area contributed by atoms with Gasteiger partial charge in [-0.15, -0.1) is 0 Å². The summed E-state index contributed by atoms with van der Waals surface area (Å²) in [4.78, 5) is 28.8. The molecule has 0 radical (unpaired) electrons. The zero-order valence-electron chi connectivity index (χ0n) is 22.2. The van der Waals surface area contributed by atoms with E-state index in [0.717, 1.165) is 10.7 Å². The lowest BCUT2D eigenvalue weighted by Crippen LogP contribution is -2.53. The highest BCUT2D eigenvalue weighted by Gasteiger charge is 2.34. The molecule has 0 heterocycles. The Bertz CT molecular complexity index is 1390. The summed E-state index contributed by atoms with van der Waals surface area (Å²) in [6.07, 6.45) is 1.03. The third-order valence-electron chi connectivity index (χ3n) is 6.42. The molecule has 2 amide bonds. The van der Waals surface area contributed by atoms with Crippen LogP contribution >= 0.6 is 23.2 Å². The average Bonchev–Trinajstić information content (AvgIpc) is 2.93. The summed E-state index contributed by atoms with van der Waals surface area (Å²) in [5, 5.41) is 3.56. The molecule has 7 nitrogen and oxygen atoms in total. The molecule has 0 aliphatic rings. The van der Waals surface area contributed by atoms with E-state index in [4.69, 9.17) is 23.2 Å². The molecule has 208 valence electrons. The Morgan fingerprint density at radius 3 is 2.03 bits per heavy atom. The van der Waals surface area contributed by atoms with E-state index >= 15 is 0 Å². The van der Waals surface area contributed by atoms with Gasteiger partial charge in [0.25, 0.3) is 10.0 Å². The summed E-state index contributed by atoms with van der Waals surface area (Å²) in [6.45, 7) is 5.09. The fourth-order valence-corrected chi connectivity index (χ4v) is 6.00. The summed E-state index contributed by atoms with van der Waals surface area (Å²) < 4.78 is 28.6. The molecule has 0 aliphatic carbocycles. The van der Waals surface area contributed by atoms with Gasteiger partial charge in [-0.3, -0.25) is 13.9 Å². The third-order valence-corrected chi connectivity index (χ3v) is 8.88. The summed E-state index contributed by atoms with van der Waals surface area (Å²) in [5.74, 6) is -0.886. The molecule has 39 heavy (non-hydrogen) atoms.